The van der Waals surface area contributed by atoms with Gasteiger partial charge in [-0.3, -0.25) is 0 Å². The van der Waals surface area contributed by atoms with Crippen LogP contribution in [-0.4, -0.2) is 11.1 Å². The normalized spacial score (nSPS) is 13.0. The Bertz CT molecular complexity index is 858. The summed E-state index contributed by atoms with van der Waals surface area (Å²) in [6.45, 7) is 1.56. The molecule has 0 bridgehead atoms. The molecule has 0 saturated carbocycles. The summed E-state index contributed by atoms with van der Waals surface area (Å²) < 4.78 is 6.88. The van der Waals surface area contributed by atoms with Crippen LogP contribution >= 0.6 is 15.9 Å². The third kappa shape index (κ3) is 3.74. The Kier molecular flexibility index (Phi) is 4.91. The van der Waals surface area contributed by atoms with Crippen molar-refractivity contribution in [3.8, 4) is 16.9 Å². The summed E-state index contributed by atoms with van der Waals surface area (Å²) in [6.07, 6.45) is 0. The van der Waals surface area contributed by atoms with E-state index in [1.807, 2.05) is 42.5 Å². The molecule has 0 aliphatic carbocycles. The molecule has 0 saturated heterocycles. The van der Waals surface area contributed by atoms with Crippen molar-refractivity contribution in [1.82, 2.24) is 0 Å². The second-order valence-corrected chi connectivity index (χ2v) is 6.75. The zero-order valence-electron chi connectivity index (χ0n) is 13.6. The molecular weight excluding hydrogens is 380 g/mol. The maximum atomic E-state index is 11.8. The summed E-state index contributed by atoms with van der Waals surface area (Å²) in [6, 6.07) is 24.4. The van der Waals surface area contributed by atoms with E-state index >= 15 is 0 Å². The summed E-state index contributed by atoms with van der Waals surface area (Å²) in [4.78, 5) is 11.8. The molecule has 0 spiro atoms. The van der Waals surface area contributed by atoms with E-state index in [0.717, 1.165) is 15.6 Å². The van der Waals surface area contributed by atoms with Crippen LogP contribution in [0.1, 0.15) is 12.5 Å². The average Bonchev–Trinajstić information content (AvgIpc) is 2.63. The molecule has 3 aromatic rings. The minimum absolute atomic E-state index is 0.509. The van der Waals surface area contributed by atoms with E-state index < -0.39 is 11.6 Å². The molecule has 1 unspecified atom stereocenters. The molecule has 126 valence electrons. The Balaban J connectivity index is 1.86. The molecule has 0 fully saturated rings. The molecule has 0 aliphatic rings. The quantitative estimate of drug-likeness (QED) is 0.619. The lowest BCUT2D eigenvalue weighted by molar-refractivity contribution is -0.154. The Hall–Kier alpha value is -2.59. The summed E-state index contributed by atoms with van der Waals surface area (Å²) in [5.74, 6) is -0.523. The summed E-state index contributed by atoms with van der Waals surface area (Å²) in [7, 11) is 0. The lowest BCUT2D eigenvalue weighted by Crippen LogP contribution is -2.38. The Labute approximate surface area is 155 Å². The maximum absolute atomic E-state index is 11.8. The van der Waals surface area contributed by atoms with Crippen LogP contribution in [-0.2, 0) is 10.4 Å². The molecule has 0 aliphatic heterocycles. The smallest absolute Gasteiger partial charge is 0.352 e. The van der Waals surface area contributed by atoms with Gasteiger partial charge < -0.3 is 9.84 Å². The molecule has 0 amide bonds. The first-order valence-electron chi connectivity index (χ1n) is 7.83. The van der Waals surface area contributed by atoms with Gasteiger partial charge >= 0.3 is 5.97 Å². The van der Waals surface area contributed by atoms with Gasteiger partial charge in [0.15, 0.2) is 0 Å². The Morgan fingerprint density at radius 3 is 1.92 bits per heavy atom. The standard InChI is InChI=1S/C21H17BrO3/c1-21(20(23)24,17-5-3-2-4-6-17)25-19-13-9-16(10-14-19)15-7-11-18(22)12-8-15/h2-14H,1H3,(H,23,24). The monoisotopic (exact) mass is 396 g/mol. The number of halogens is 1. The molecule has 3 nitrogen and oxygen atoms in total. The molecule has 1 atom stereocenters. The van der Waals surface area contributed by atoms with E-state index in [9.17, 15) is 9.90 Å². The van der Waals surface area contributed by atoms with Gasteiger partial charge in [-0.05, 0) is 42.3 Å². The Morgan fingerprint density at radius 1 is 0.880 bits per heavy atom. The van der Waals surface area contributed by atoms with Crippen LogP contribution in [0.15, 0.2) is 83.3 Å². The zero-order valence-corrected chi connectivity index (χ0v) is 15.2. The third-order valence-electron chi connectivity index (χ3n) is 4.09. The zero-order chi connectivity index (χ0) is 17.9. The van der Waals surface area contributed by atoms with Gasteiger partial charge in [-0.2, -0.15) is 0 Å². The first kappa shape index (κ1) is 17.2. The number of hydrogen-bond acceptors (Lipinski definition) is 2. The van der Waals surface area contributed by atoms with E-state index in [-0.39, 0.29) is 0 Å². The summed E-state index contributed by atoms with van der Waals surface area (Å²) in [5, 5.41) is 9.68. The second-order valence-electron chi connectivity index (χ2n) is 5.84. The fourth-order valence-corrected chi connectivity index (χ4v) is 2.84. The van der Waals surface area contributed by atoms with Crippen LogP contribution in [0.3, 0.4) is 0 Å². The van der Waals surface area contributed by atoms with Gasteiger partial charge in [0.25, 0.3) is 0 Å². The first-order chi connectivity index (χ1) is 12.0. The molecule has 3 aromatic carbocycles. The van der Waals surface area contributed by atoms with Gasteiger partial charge in [-0.25, -0.2) is 4.79 Å². The van der Waals surface area contributed by atoms with Crippen molar-refractivity contribution in [2.75, 3.05) is 0 Å². The fraction of sp³-hybridized carbons (Fsp3) is 0.0952. The number of hydrogen-bond donors (Lipinski definition) is 1. The van der Waals surface area contributed by atoms with Gasteiger partial charge in [0.2, 0.25) is 5.60 Å². The van der Waals surface area contributed by atoms with Gasteiger partial charge in [-0.15, -0.1) is 0 Å². The van der Waals surface area contributed by atoms with Gasteiger partial charge in [-0.1, -0.05) is 70.5 Å². The number of benzene rings is 3. The highest BCUT2D eigenvalue weighted by atomic mass is 79.9. The minimum Gasteiger partial charge on any atom is -0.478 e. The Morgan fingerprint density at radius 2 is 1.40 bits per heavy atom. The molecule has 0 radical (unpaired) electrons. The SMILES string of the molecule is CC(Oc1ccc(-c2ccc(Br)cc2)cc1)(C(=O)O)c1ccccc1. The van der Waals surface area contributed by atoms with Crippen LogP contribution < -0.4 is 4.74 Å². The first-order valence-corrected chi connectivity index (χ1v) is 8.62. The summed E-state index contributed by atoms with van der Waals surface area (Å²) in [5.41, 5.74) is 1.27. The van der Waals surface area contributed by atoms with Crippen molar-refractivity contribution in [1.29, 1.82) is 0 Å². The van der Waals surface area contributed by atoms with Crippen LogP contribution in [0.25, 0.3) is 11.1 Å². The largest absolute Gasteiger partial charge is 0.478 e. The number of carbonyl (C=O) groups is 1. The van der Waals surface area contributed by atoms with E-state index in [2.05, 4.69) is 15.9 Å². The van der Waals surface area contributed by atoms with Crippen molar-refractivity contribution in [3.05, 3.63) is 88.9 Å². The third-order valence-corrected chi connectivity index (χ3v) is 4.62. The van der Waals surface area contributed by atoms with Crippen LogP contribution in [0.4, 0.5) is 0 Å². The van der Waals surface area contributed by atoms with E-state index in [0.29, 0.717) is 11.3 Å². The molecule has 0 aromatic heterocycles. The van der Waals surface area contributed by atoms with E-state index in [4.69, 9.17) is 4.74 Å². The molecule has 0 heterocycles. The number of carboxylic acid groups (broad SMARTS) is 1. The van der Waals surface area contributed by atoms with Gasteiger partial charge in [0.1, 0.15) is 5.75 Å². The molecular formula is C21H17BrO3. The molecule has 1 N–H and O–H groups in total. The van der Waals surface area contributed by atoms with E-state index in [1.165, 1.54) is 0 Å². The van der Waals surface area contributed by atoms with Crippen LogP contribution in [0.5, 0.6) is 5.75 Å². The highest BCUT2D eigenvalue weighted by Crippen LogP contribution is 2.30. The number of rotatable bonds is 5. The molecule has 4 heteroatoms. The topological polar surface area (TPSA) is 46.5 Å². The van der Waals surface area contributed by atoms with Crippen LogP contribution in [0.2, 0.25) is 0 Å². The summed E-state index contributed by atoms with van der Waals surface area (Å²) >= 11 is 3.42. The maximum Gasteiger partial charge on any atom is 0.352 e. The second kappa shape index (κ2) is 7.11. The van der Waals surface area contributed by atoms with Crippen molar-refractivity contribution in [3.63, 3.8) is 0 Å². The minimum atomic E-state index is -1.44. The van der Waals surface area contributed by atoms with Crippen molar-refractivity contribution in [2.45, 2.75) is 12.5 Å². The van der Waals surface area contributed by atoms with Crippen molar-refractivity contribution >= 4 is 21.9 Å². The fourth-order valence-electron chi connectivity index (χ4n) is 2.58. The van der Waals surface area contributed by atoms with E-state index in [1.54, 1.807) is 43.3 Å². The predicted molar refractivity (Wildman–Crippen MR) is 102 cm³/mol. The highest BCUT2D eigenvalue weighted by molar-refractivity contribution is 9.10. The van der Waals surface area contributed by atoms with Crippen LogP contribution in [0, 0.1) is 0 Å². The lowest BCUT2D eigenvalue weighted by Gasteiger charge is -2.27. The number of aliphatic carboxylic acids is 1. The highest BCUT2D eigenvalue weighted by Gasteiger charge is 2.37. The lowest BCUT2D eigenvalue weighted by atomic mass is 9.96. The number of carboxylic acids is 1. The molecule has 25 heavy (non-hydrogen) atoms. The van der Waals surface area contributed by atoms with Crippen molar-refractivity contribution in [2.24, 2.45) is 0 Å². The predicted octanol–water partition coefficient (Wildman–Crippen LogP) is 5.49. The average molecular weight is 397 g/mol. The van der Waals surface area contributed by atoms with Gasteiger partial charge in [0, 0.05) is 10.0 Å². The van der Waals surface area contributed by atoms with Crippen molar-refractivity contribution < 1.29 is 14.6 Å². The van der Waals surface area contributed by atoms with Gasteiger partial charge in [0.05, 0.1) is 0 Å². The molecule has 3 rings (SSSR count). The number of ether oxygens (including phenoxy) is 1.